The molecule has 0 aromatic carbocycles. The Morgan fingerprint density at radius 3 is 2.80 bits per heavy atom. The van der Waals surface area contributed by atoms with E-state index in [1.807, 2.05) is 0 Å². The minimum absolute atomic E-state index is 0.303. The molecule has 0 bridgehead atoms. The Hall–Kier alpha value is -2.25. The fourth-order valence-corrected chi connectivity index (χ4v) is 1.45. The molecular weight excluding hydrogens is 258 g/mol. The highest BCUT2D eigenvalue weighted by Gasteiger charge is 2.09. The Kier molecular flexibility index (Phi) is 5.22. The smallest absolute Gasteiger partial charge is 0.323 e. The van der Waals surface area contributed by atoms with Gasteiger partial charge in [0.15, 0.2) is 0 Å². The lowest BCUT2D eigenvalue weighted by molar-refractivity contribution is 0.284. The molecule has 2 aromatic rings. The first-order valence-electron chi connectivity index (χ1n) is 6.81. The standard InChI is InChI=1S/C12H19N7O/c1-3-5-7-20-12-17-10(14-6-4-2)16-11(18-12)19-9-13-8-15-19/h8-9H,3-7H2,1-2H3,(H,14,16,17,18). The Morgan fingerprint density at radius 1 is 1.20 bits per heavy atom. The summed E-state index contributed by atoms with van der Waals surface area (Å²) in [6, 6.07) is 0.303. The maximum Gasteiger partial charge on any atom is 0.323 e. The largest absolute Gasteiger partial charge is 0.463 e. The minimum atomic E-state index is 0.303. The SMILES string of the molecule is CCCCOc1nc(NCCC)nc(-n2cncn2)n1. The molecule has 0 amide bonds. The quantitative estimate of drug-likeness (QED) is 0.730. The molecule has 0 radical (unpaired) electrons. The van der Waals surface area contributed by atoms with Crippen LogP contribution in [0, 0.1) is 0 Å². The molecule has 0 atom stereocenters. The highest BCUT2D eigenvalue weighted by molar-refractivity contribution is 5.29. The van der Waals surface area contributed by atoms with E-state index >= 15 is 0 Å². The van der Waals surface area contributed by atoms with Gasteiger partial charge in [-0.05, 0) is 12.8 Å². The molecule has 0 aliphatic heterocycles. The lowest BCUT2D eigenvalue weighted by Gasteiger charge is -2.08. The van der Waals surface area contributed by atoms with Crippen LogP contribution in [0.2, 0.25) is 0 Å². The van der Waals surface area contributed by atoms with E-state index in [4.69, 9.17) is 4.74 Å². The molecule has 0 saturated heterocycles. The van der Waals surface area contributed by atoms with E-state index in [1.54, 1.807) is 0 Å². The molecule has 8 heteroatoms. The van der Waals surface area contributed by atoms with E-state index in [2.05, 4.69) is 44.2 Å². The summed E-state index contributed by atoms with van der Waals surface area (Å²) in [6.45, 7) is 5.55. The van der Waals surface area contributed by atoms with E-state index in [0.717, 1.165) is 25.8 Å². The summed E-state index contributed by atoms with van der Waals surface area (Å²) in [5, 5.41) is 7.14. The van der Waals surface area contributed by atoms with Crippen LogP contribution in [-0.2, 0) is 0 Å². The number of anilines is 1. The van der Waals surface area contributed by atoms with Crippen molar-refractivity contribution >= 4 is 5.95 Å². The normalized spacial score (nSPS) is 10.5. The number of ether oxygens (including phenoxy) is 1. The number of nitrogens with zero attached hydrogens (tertiary/aromatic N) is 6. The summed E-state index contributed by atoms with van der Waals surface area (Å²) in [4.78, 5) is 16.6. The molecule has 0 fully saturated rings. The second kappa shape index (κ2) is 7.37. The van der Waals surface area contributed by atoms with Crippen LogP contribution in [0.25, 0.3) is 5.95 Å². The summed E-state index contributed by atoms with van der Waals surface area (Å²) in [6.07, 6.45) is 5.97. The Labute approximate surface area is 117 Å². The van der Waals surface area contributed by atoms with Crippen LogP contribution >= 0.6 is 0 Å². The van der Waals surface area contributed by atoms with Gasteiger partial charge < -0.3 is 10.1 Å². The van der Waals surface area contributed by atoms with Gasteiger partial charge in [-0.15, -0.1) is 0 Å². The van der Waals surface area contributed by atoms with E-state index in [9.17, 15) is 0 Å². The predicted molar refractivity (Wildman–Crippen MR) is 73.9 cm³/mol. The lowest BCUT2D eigenvalue weighted by atomic mass is 10.4. The summed E-state index contributed by atoms with van der Waals surface area (Å²) < 4.78 is 7.02. The van der Waals surface area contributed by atoms with Crippen molar-refractivity contribution in [2.24, 2.45) is 0 Å². The fraction of sp³-hybridized carbons (Fsp3) is 0.583. The average molecular weight is 277 g/mol. The number of unbranched alkanes of at least 4 members (excludes halogenated alkanes) is 1. The molecular formula is C12H19N7O. The molecule has 2 aromatic heterocycles. The van der Waals surface area contributed by atoms with Crippen LogP contribution in [0.4, 0.5) is 5.95 Å². The van der Waals surface area contributed by atoms with Gasteiger partial charge in [0.25, 0.3) is 5.95 Å². The third-order valence-corrected chi connectivity index (χ3v) is 2.49. The van der Waals surface area contributed by atoms with Crippen molar-refractivity contribution in [1.82, 2.24) is 29.7 Å². The second-order valence-corrected chi connectivity index (χ2v) is 4.21. The van der Waals surface area contributed by atoms with E-state index < -0.39 is 0 Å². The molecule has 0 aliphatic rings. The minimum Gasteiger partial charge on any atom is -0.463 e. The van der Waals surface area contributed by atoms with E-state index in [-0.39, 0.29) is 0 Å². The second-order valence-electron chi connectivity index (χ2n) is 4.21. The molecule has 0 unspecified atom stereocenters. The predicted octanol–water partition coefficient (Wildman–Crippen LogP) is 1.45. The van der Waals surface area contributed by atoms with Gasteiger partial charge in [-0.3, -0.25) is 0 Å². The summed E-state index contributed by atoms with van der Waals surface area (Å²) in [5.74, 6) is 0.876. The first-order chi connectivity index (χ1) is 9.83. The number of nitrogens with one attached hydrogen (secondary N) is 1. The van der Waals surface area contributed by atoms with Crippen molar-refractivity contribution in [3.05, 3.63) is 12.7 Å². The zero-order chi connectivity index (χ0) is 14.2. The molecule has 8 nitrogen and oxygen atoms in total. The fourth-order valence-electron chi connectivity index (χ4n) is 1.45. The van der Waals surface area contributed by atoms with E-state index in [0.29, 0.717) is 24.5 Å². The highest BCUT2D eigenvalue weighted by Crippen LogP contribution is 2.10. The van der Waals surface area contributed by atoms with E-state index in [1.165, 1.54) is 17.3 Å². The van der Waals surface area contributed by atoms with Gasteiger partial charge in [-0.2, -0.15) is 24.7 Å². The van der Waals surface area contributed by atoms with Gasteiger partial charge in [-0.25, -0.2) is 4.98 Å². The molecule has 20 heavy (non-hydrogen) atoms. The van der Waals surface area contributed by atoms with Crippen molar-refractivity contribution in [1.29, 1.82) is 0 Å². The first kappa shape index (κ1) is 14.2. The molecule has 2 heterocycles. The molecule has 1 N–H and O–H groups in total. The van der Waals surface area contributed by atoms with Gasteiger partial charge in [-0.1, -0.05) is 20.3 Å². The number of hydrogen-bond acceptors (Lipinski definition) is 7. The summed E-state index contributed by atoms with van der Waals surface area (Å²) >= 11 is 0. The molecule has 0 aliphatic carbocycles. The van der Waals surface area contributed by atoms with Gasteiger partial charge in [0.2, 0.25) is 5.95 Å². The number of rotatable bonds is 8. The van der Waals surface area contributed by atoms with Crippen molar-refractivity contribution in [3.63, 3.8) is 0 Å². The van der Waals surface area contributed by atoms with Gasteiger partial charge >= 0.3 is 6.01 Å². The third kappa shape index (κ3) is 3.87. The van der Waals surface area contributed by atoms with Crippen LogP contribution in [-0.4, -0.2) is 42.9 Å². The van der Waals surface area contributed by atoms with Crippen LogP contribution in [0.15, 0.2) is 12.7 Å². The van der Waals surface area contributed by atoms with Gasteiger partial charge in [0, 0.05) is 6.54 Å². The Bertz CT molecular complexity index is 515. The highest BCUT2D eigenvalue weighted by atomic mass is 16.5. The topological polar surface area (TPSA) is 90.6 Å². The van der Waals surface area contributed by atoms with Crippen molar-refractivity contribution in [3.8, 4) is 12.0 Å². The summed E-state index contributed by atoms with van der Waals surface area (Å²) in [5.41, 5.74) is 0. The molecule has 2 rings (SSSR count). The van der Waals surface area contributed by atoms with Gasteiger partial charge in [0.05, 0.1) is 6.61 Å². The Balaban J connectivity index is 2.19. The van der Waals surface area contributed by atoms with Crippen molar-refractivity contribution in [2.75, 3.05) is 18.5 Å². The average Bonchev–Trinajstić information content (AvgIpc) is 2.99. The summed E-state index contributed by atoms with van der Waals surface area (Å²) in [7, 11) is 0. The third-order valence-electron chi connectivity index (χ3n) is 2.49. The number of hydrogen-bond donors (Lipinski definition) is 1. The van der Waals surface area contributed by atoms with Crippen molar-refractivity contribution in [2.45, 2.75) is 33.1 Å². The van der Waals surface area contributed by atoms with Crippen molar-refractivity contribution < 1.29 is 4.74 Å². The van der Waals surface area contributed by atoms with Gasteiger partial charge in [0.1, 0.15) is 12.7 Å². The molecule has 0 spiro atoms. The van der Waals surface area contributed by atoms with Crippen LogP contribution in [0.5, 0.6) is 6.01 Å². The monoisotopic (exact) mass is 277 g/mol. The molecule has 108 valence electrons. The lowest BCUT2D eigenvalue weighted by Crippen LogP contribution is -2.12. The van der Waals surface area contributed by atoms with Crippen LogP contribution in [0.3, 0.4) is 0 Å². The molecule has 0 saturated carbocycles. The maximum atomic E-state index is 5.54. The maximum absolute atomic E-state index is 5.54. The zero-order valence-corrected chi connectivity index (χ0v) is 11.8. The number of aromatic nitrogens is 6. The van der Waals surface area contributed by atoms with Crippen LogP contribution < -0.4 is 10.1 Å². The van der Waals surface area contributed by atoms with Crippen LogP contribution in [0.1, 0.15) is 33.1 Å². The zero-order valence-electron chi connectivity index (χ0n) is 11.8. The Morgan fingerprint density at radius 2 is 2.10 bits per heavy atom. The first-order valence-corrected chi connectivity index (χ1v) is 6.81.